The van der Waals surface area contributed by atoms with Gasteiger partial charge in [-0.3, -0.25) is 95.9 Å². The van der Waals surface area contributed by atoms with Crippen LogP contribution in [0.4, 0.5) is 0 Å². The van der Waals surface area contributed by atoms with E-state index >= 15 is 0 Å². The first-order valence-corrected chi connectivity index (χ1v) is 40.0. The normalized spacial score (nSPS) is 24.6. The van der Waals surface area contributed by atoms with Crippen molar-refractivity contribution in [2.75, 3.05) is 29.6 Å². The van der Waals surface area contributed by atoms with Crippen LogP contribution in [0.2, 0.25) is 0 Å². The summed E-state index contributed by atoms with van der Waals surface area (Å²) < 4.78 is 0. The van der Waals surface area contributed by atoms with E-state index in [0.717, 1.165) is 24.6 Å². The highest BCUT2D eigenvalue weighted by Crippen LogP contribution is 2.26. The van der Waals surface area contributed by atoms with Crippen LogP contribution < -0.4 is 97.0 Å². The van der Waals surface area contributed by atoms with Gasteiger partial charge in [0.25, 0.3) is 0 Å². The Kier molecular flexibility index (Phi) is 42.3. The standard InChI is InChI=1S/C64H102N18O26S4/c1-24(2)13-32-53(96)79-40-23-112-109-20-37(57(100)76-36(64(107)108)14-25(3)4)70-43(86)19-68-61(104)49(29(10)83)82-60(103)39(77-50(93)28(9)69-62(105)47(26(5)6)80-56(99)33(16-42(67)85)75-63(106)48(27(7)8)81-59(40)102)22-111-110-21-38(58(101)71-31(52(95)73-32)11-12-44(87)88)78-55(98)35(18-46(91)92)74-54(97)34(17-45(89)90)72-51(94)30(65)15-41(66)84/h24-40,47-49,83H,11-23,65H2,1-10H3,(H2,66,84)(H2,67,85)(H,68,104)(H,69,105)(H,70,86)(H,71,101)(H,72,94)(H,73,95)(H,74,97)(H,75,106)(H,76,100)(H,77,93)(H,78,98)(H,79,96)(H,80,99)(H,81,102)(H,82,103)(H,87,88)(H,89,90)(H,91,92)(H,107,108)/t28-,29+,30-,31?,32-,33?,34-,35-,36-,37-,38?,39-,40-,47?,48-,49-/m0/s1. The number of nitrogens with two attached hydrogens (primary N) is 3. The number of hydrogen-bond donors (Lipinski definition) is 23. The van der Waals surface area contributed by atoms with Crippen LogP contribution >= 0.6 is 43.2 Å². The number of carboxylic acids is 4. The molecule has 0 radical (unpaired) electrons. The smallest absolute Gasteiger partial charge is 0.326 e. The summed E-state index contributed by atoms with van der Waals surface area (Å²) in [6.45, 7) is 13.3. The lowest BCUT2D eigenvalue weighted by Gasteiger charge is -2.29. The highest BCUT2D eigenvalue weighted by atomic mass is 33.1. The van der Waals surface area contributed by atoms with E-state index in [1.54, 1.807) is 27.7 Å². The number of rotatable bonds is 27. The molecule has 112 heavy (non-hydrogen) atoms. The third-order valence-corrected chi connectivity index (χ3v) is 21.0. The molecule has 3 fully saturated rings. The third-order valence-electron chi connectivity index (χ3n) is 16.1. The van der Waals surface area contributed by atoms with Gasteiger partial charge in [0.2, 0.25) is 100 Å². The van der Waals surface area contributed by atoms with Crippen molar-refractivity contribution in [2.45, 2.75) is 217 Å². The van der Waals surface area contributed by atoms with Gasteiger partial charge in [-0.25, -0.2) is 4.79 Å². The lowest BCUT2D eigenvalue weighted by molar-refractivity contribution is -0.143. The van der Waals surface area contributed by atoms with Crippen molar-refractivity contribution in [2.24, 2.45) is 40.9 Å². The predicted octanol–water partition coefficient (Wildman–Crippen LogP) is -8.54. The van der Waals surface area contributed by atoms with Crippen LogP contribution in [0.1, 0.15) is 121 Å². The Morgan fingerprint density at radius 1 is 0.464 bits per heavy atom. The number of amides is 17. The van der Waals surface area contributed by atoms with Crippen molar-refractivity contribution in [1.82, 2.24) is 79.8 Å². The lowest BCUT2D eigenvalue weighted by Crippen LogP contribution is -2.62. The Labute approximate surface area is 658 Å². The first kappa shape index (κ1) is 98.3. The fourth-order valence-electron chi connectivity index (χ4n) is 10.2. The molecule has 0 aromatic heterocycles. The number of primary amides is 2. The molecule has 3 saturated heterocycles. The van der Waals surface area contributed by atoms with Crippen LogP contribution in [0.5, 0.6) is 0 Å². The Bertz CT molecular complexity index is 3470. The number of fused-ring (bicyclic) bond motifs is 37. The maximum absolute atomic E-state index is 14.9. The Morgan fingerprint density at radius 2 is 0.938 bits per heavy atom. The first-order valence-electron chi connectivity index (χ1n) is 35.0. The molecule has 17 amide bonds. The zero-order chi connectivity index (χ0) is 85.3. The molecule has 0 aromatic carbocycles. The van der Waals surface area contributed by atoms with E-state index in [2.05, 4.69) is 69.1 Å². The number of aliphatic carboxylic acids is 4. The minimum Gasteiger partial charge on any atom is -0.481 e. The summed E-state index contributed by atoms with van der Waals surface area (Å²) in [6.07, 6.45) is -8.41. The highest BCUT2D eigenvalue weighted by molar-refractivity contribution is 8.77. The van der Waals surface area contributed by atoms with Gasteiger partial charge >= 0.3 is 23.9 Å². The van der Waals surface area contributed by atoms with Gasteiger partial charge in [-0.2, -0.15) is 0 Å². The minimum atomic E-state index is -2.32. The van der Waals surface area contributed by atoms with Crippen molar-refractivity contribution < 1.29 is 126 Å². The maximum Gasteiger partial charge on any atom is 0.326 e. The summed E-state index contributed by atoms with van der Waals surface area (Å²) >= 11 is 0. The molecule has 3 aliphatic rings. The third kappa shape index (κ3) is 35.7. The van der Waals surface area contributed by atoms with Crippen LogP contribution in [0, 0.1) is 23.7 Å². The molecule has 2 bridgehead atoms. The molecule has 4 unspecified atom stereocenters. The number of aliphatic hydroxyl groups is 1. The van der Waals surface area contributed by atoms with E-state index in [0.29, 0.717) is 32.4 Å². The molecule has 3 heterocycles. The highest BCUT2D eigenvalue weighted by Gasteiger charge is 2.41. The van der Waals surface area contributed by atoms with E-state index in [1.165, 1.54) is 27.7 Å². The van der Waals surface area contributed by atoms with Crippen LogP contribution in [0.15, 0.2) is 0 Å². The average Bonchev–Trinajstić information content (AvgIpc) is 0.815. The predicted molar refractivity (Wildman–Crippen MR) is 400 cm³/mol. The summed E-state index contributed by atoms with van der Waals surface area (Å²) in [4.78, 5) is 287. The summed E-state index contributed by atoms with van der Waals surface area (Å²) in [6, 6.07) is -28.1. The lowest BCUT2D eigenvalue weighted by atomic mass is 10.00. The topological polar surface area (TPSA) is 718 Å². The van der Waals surface area contributed by atoms with Crippen LogP contribution in [-0.4, -0.2) is 276 Å². The molecule has 0 aromatic rings. The molecule has 0 spiro atoms. The van der Waals surface area contributed by atoms with Crippen LogP contribution in [-0.2, 0) is 101 Å². The fraction of sp³-hybridized carbons (Fsp3) is 0.672. The van der Waals surface area contributed by atoms with Crippen molar-refractivity contribution in [3.63, 3.8) is 0 Å². The molecule has 0 aliphatic carbocycles. The van der Waals surface area contributed by atoms with Crippen molar-refractivity contribution in [1.29, 1.82) is 0 Å². The first-order chi connectivity index (χ1) is 52.1. The average molecular weight is 1670 g/mol. The van der Waals surface area contributed by atoms with Gasteiger partial charge in [0.15, 0.2) is 0 Å². The molecular weight excluding hydrogens is 1570 g/mol. The molecule has 3 aliphatic heterocycles. The van der Waals surface area contributed by atoms with Gasteiger partial charge in [-0.15, -0.1) is 0 Å². The SMILES string of the molecule is CC(C)C[C@H](NC(=O)[C@@H]1CSSC[C@@H]2NC(=O)[C@H](CC(C)C)NC(=O)C(CCC(=O)O)NC(=O)C(NC(=O)[C@H](CC(=O)O)NC(=O)[C@H](CC(=O)O)NC(=O)[C@@H](N)CC(N)=O)CSSC[C@H](NC(=O)[C@H](C)NC(=O)C(C(C)C)NC(=O)C(CC(N)=O)NC(=O)[C@H](C(C)C)NC2=O)C(=O)N[C@@H]([C@@H](C)O)C(=O)NCC(=O)N1)C(=O)O. The largest absolute Gasteiger partial charge is 0.481 e. The van der Waals surface area contributed by atoms with E-state index in [4.69, 9.17) is 17.2 Å². The van der Waals surface area contributed by atoms with Crippen molar-refractivity contribution in [3.05, 3.63) is 0 Å². The second kappa shape index (κ2) is 48.2. The van der Waals surface area contributed by atoms with Crippen molar-refractivity contribution in [3.8, 4) is 0 Å². The molecule has 628 valence electrons. The quantitative estimate of drug-likeness (QED) is 0.0268. The van der Waals surface area contributed by atoms with Gasteiger partial charge in [0.05, 0.1) is 44.4 Å². The zero-order valence-corrected chi connectivity index (χ0v) is 66.2. The Morgan fingerprint density at radius 3 is 1.44 bits per heavy atom. The van der Waals surface area contributed by atoms with E-state index in [1.807, 2.05) is 10.6 Å². The van der Waals surface area contributed by atoms with Crippen molar-refractivity contribution >= 4 is 167 Å². The summed E-state index contributed by atoms with van der Waals surface area (Å²) in [5.41, 5.74) is 16.3. The van der Waals surface area contributed by atoms with E-state index < -0.39 is 307 Å². The number of aliphatic hydroxyl groups excluding tert-OH is 1. The number of carboxylic acid groups (broad SMARTS) is 4. The second-order valence-electron chi connectivity index (χ2n) is 27.6. The van der Waals surface area contributed by atoms with Gasteiger partial charge in [-0.1, -0.05) is 98.6 Å². The summed E-state index contributed by atoms with van der Waals surface area (Å²) in [5, 5.41) is 85.2. The number of carbonyl (C=O) groups excluding carboxylic acids is 17. The van der Waals surface area contributed by atoms with E-state index in [9.17, 15) is 126 Å². The molecule has 16 atom stereocenters. The zero-order valence-electron chi connectivity index (χ0n) is 62.9. The maximum atomic E-state index is 14.9. The molecular formula is C64H102N18O26S4. The summed E-state index contributed by atoms with van der Waals surface area (Å²) in [5.74, 6) is -33.2. The number of carbonyl (C=O) groups is 21. The summed E-state index contributed by atoms with van der Waals surface area (Å²) in [7, 11) is 2.53. The molecule has 48 heteroatoms. The monoisotopic (exact) mass is 1670 g/mol. The Hall–Kier alpha value is -9.81. The molecule has 44 nitrogen and oxygen atoms in total. The molecule has 0 saturated carbocycles. The molecule has 3 rings (SSSR count). The number of hydrogen-bond acceptors (Lipinski definition) is 27. The van der Waals surface area contributed by atoms with Crippen LogP contribution in [0.3, 0.4) is 0 Å². The minimum absolute atomic E-state index is 0.112. The van der Waals surface area contributed by atoms with Gasteiger partial charge < -0.3 is 122 Å². The second-order valence-corrected chi connectivity index (χ2v) is 32.7. The van der Waals surface area contributed by atoms with Crippen LogP contribution in [0.25, 0.3) is 0 Å². The molecule has 26 N–H and O–H groups in total. The van der Waals surface area contributed by atoms with Gasteiger partial charge in [0.1, 0.15) is 84.6 Å². The fourth-order valence-corrected chi connectivity index (χ4v) is 14.9. The number of nitrogens with one attached hydrogen (secondary N) is 15. The van der Waals surface area contributed by atoms with E-state index in [-0.39, 0.29) is 18.8 Å². The van der Waals surface area contributed by atoms with Gasteiger partial charge in [0, 0.05) is 29.4 Å². The van der Waals surface area contributed by atoms with Gasteiger partial charge in [-0.05, 0) is 56.8 Å². The Balaban J connectivity index is 3.27.